The van der Waals surface area contributed by atoms with Crippen molar-refractivity contribution in [1.82, 2.24) is 0 Å². The standard InChI is InChI=1S/C12H10O3S/c1-2-9-7-8-10-5-3-4-6-11(10)12(9)15-16(13)14/h2-8H,1H2,(H,13,14). The second-order valence-corrected chi connectivity index (χ2v) is 3.81. The Labute approximate surface area is 95.9 Å². The molecule has 0 saturated carbocycles. The van der Waals surface area contributed by atoms with Crippen LogP contribution >= 0.6 is 0 Å². The van der Waals surface area contributed by atoms with Crippen LogP contribution in [0.1, 0.15) is 5.56 Å². The zero-order valence-corrected chi connectivity index (χ0v) is 9.24. The minimum atomic E-state index is -2.33. The summed E-state index contributed by atoms with van der Waals surface area (Å²) in [7, 11) is 0. The van der Waals surface area contributed by atoms with E-state index in [4.69, 9.17) is 8.74 Å². The van der Waals surface area contributed by atoms with Crippen molar-refractivity contribution < 1.29 is 12.9 Å². The van der Waals surface area contributed by atoms with Gasteiger partial charge in [-0.1, -0.05) is 49.1 Å². The third-order valence-corrected chi connectivity index (χ3v) is 2.59. The molecule has 2 rings (SSSR count). The predicted molar refractivity (Wildman–Crippen MR) is 65.4 cm³/mol. The number of fused-ring (bicyclic) bond motifs is 1. The van der Waals surface area contributed by atoms with Gasteiger partial charge in [0.1, 0.15) is 0 Å². The number of hydrogen-bond donors (Lipinski definition) is 1. The van der Waals surface area contributed by atoms with Gasteiger partial charge in [-0.05, 0) is 5.39 Å². The first-order chi connectivity index (χ1) is 7.72. The number of benzene rings is 2. The second kappa shape index (κ2) is 4.47. The van der Waals surface area contributed by atoms with E-state index in [1.165, 1.54) is 0 Å². The van der Waals surface area contributed by atoms with Gasteiger partial charge in [0, 0.05) is 10.9 Å². The van der Waals surface area contributed by atoms with Crippen LogP contribution in [0.2, 0.25) is 0 Å². The minimum absolute atomic E-state index is 0.383. The lowest BCUT2D eigenvalue weighted by atomic mass is 10.1. The molecular weight excluding hydrogens is 224 g/mol. The quantitative estimate of drug-likeness (QED) is 0.830. The maximum absolute atomic E-state index is 10.7. The molecule has 1 unspecified atom stereocenters. The average molecular weight is 234 g/mol. The fraction of sp³-hybridized carbons (Fsp3) is 0. The molecule has 82 valence electrons. The van der Waals surface area contributed by atoms with Gasteiger partial charge in [-0.25, -0.2) is 0 Å². The van der Waals surface area contributed by atoms with Crippen LogP contribution in [0.15, 0.2) is 43.0 Å². The van der Waals surface area contributed by atoms with E-state index in [1.807, 2.05) is 30.3 Å². The normalized spacial score (nSPS) is 12.3. The maximum atomic E-state index is 10.7. The molecule has 0 aliphatic rings. The van der Waals surface area contributed by atoms with E-state index >= 15 is 0 Å². The monoisotopic (exact) mass is 234 g/mol. The van der Waals surface area contributed by atoms with Crippen molar-refractivity contribution in [2.75, 3.05) is 0 Å². The summed E-state index contributed by atoms with van der Waals surface area (Å²) in [6.07, 6.45) is 1.59. The molecular formula is C12H10O3S. The first-order valence-electron chi connectivity index (χ1n) is 4.65. The summed E-state index contributed by atoms with van der Waals surface area (Å²) in [6, 6.07) is 11.2. The van der Waals surface area contributed by atoms with E-state index in [0.29, 0.717) is 11.3 Å². The molecule has 0 aromatic heterocycles. The number of hydrogen-bond acceptors (Lipinski definition) is 2. The van der Waals surface area contributed by atoms with Crippen LogP contribution in [0.3, 0.4) is 0 Å². The van der Waals surface area contributed by atoms with E-state index in [9.17, 15) is 4.21 Å². The Bertz CT molecular complexity index is 563. The van der Waals surface area contributed by atoms with Gasteiger partial charge in [-0.3, -0.25) is 4.55 Å². The molecule has 0 aliphatic heterocycles. The molecule has 4 heteroatoms. The van der Waals surface area contributed by atoms with Crippen LogP contribution in [0.4, 0.5) is 0 Å². The van der Waals surface area contributed by atoms with Crippen molar-refractivity contribution in [2.45, 2.75) is 0 Å². The van der Waals surface area contributed by atoms with Crippen LogP contribution in [-0.4, -0.2) is 8.76 Å². The highest BCUT2D eigenvalue weighted by atomic mass is 32.2. The average Bonchev–Trinajstić information content (AvgIpc) is 2.29. The van der Waals surface area contributed by atoms with Gasteiger partial charge in [0.25, 0.3) is 0 Å². The highest BCUT2D eigenvalue weighted by molar-refractivity contribution is 7.74. The van der Waals surface area contributed by atoms with Gasteiger partial charge >= 0.3 is 11.4 Å². The Balaban J connectivity index is 2.72. The van der Waals surface area contributed by atoms with Gasteiger partial charge in [-0.15, -0.1) is 0 Å². The molecule has 0 fully saturated rings. The Morgan fingerprint density at radius 1 is 1.25 bits per heavy atom. The lowest BCUT2D eigenvalue weighted by Gasteiger charge is -2.08. The molecule has 1 N–H and O–H groups in total. The molecule has 0 aliphatic carbocycles. The van der Waals surface area contributed by atoms with Crippen LogP contribution < -0.4 is 4.18 Å². The summed E-state index contributed by atoms with van der Waals surface area (Å²) in [5.41, 5.74) is 0.695. The van der Waals surface area contributed by atoms with E-state index in [2.05, 4.69) is 6.58 Å². The van der Waals surface area contributed by atoms with E-state index < -0.39 is 11.4 Å². The first kappa shape index (κ1) is 10.9. The highest BCUT2D eigenvalue weighted by Gasteiger charge is 2.09. The smallest absolute Gasteiger partial charge is 0.357 e. The van der Waals surface area contributed by atoms with Gasteiger partial charge < -0.3 is 4.18 Å². The third kappa shape index (κ3) is 1.98. The fourth-order valence-electron chi connectivity index (χ4n) is 1.58. The van der Waals surface area contributed by atoms with Crippen molar-refractivity contribution in [3.05, 3.63) is 48.5 Å². The maximum Gasteiger partial charge on any atom is 0.357 e. The van der Waals surface area contributed by atoms with Gasteiger partial charge in [0.05, 0.1) is 0 Å². The van der Waals surface area contributed by atoms with Crippen molar-refractivity contribution in [1.29, 1.82) is 0 Å². The molecule has 0 amide bonds. The largest absolute Gasteiger partial charge is 0.379 e. The Kier molecular flexibility index (Phi) is 3.03. The molecule has 0 saturated heterocycles. The van der Waals surface area contributed by atoms with Gasteiger partial charge in [0.2, 0.25) is 0 Å². The van der Waals surface area contributed by atoms with Crippen molar-refractivity contribution in [3.63, 3.8) is 0 Å². The first-order valence-corrected chi connectivity index (χ1v) is 5.69. The summed E-state index contributed by atoms with van der Waals surface area (Å²) in [6.45, 7) is 3.65. The Hall–Kier alpha value is -1.65. The Morgan fingerprint density at radius 2 is 2.00 bits per heavy atom. The van der Waals surface area contributed by atoms with E-state index in [0.717, 1.165) is 10.8 Å². The summed E-state index contributed by atoms with van der Waals surface area (Å²) >= 11 is -2.33. The van der Waals surface area contributed by atoms with Gasteiger partial charge in [-0.2, -0.15) is 4.21 Å². The SMILES string of the molecule is C=Cc1ccc2ccccc2c1OS(=O)O. The molecule has 3 nitrogen and oxygen atoms in total. The fourth-order valence-corrected chi connectivity index (χ4v) is 1.91. The number of rotatable bonds is 3. The topological polar surface area (TPSA) is 46.5 Å². The van der Waals surface area contributed by atoms with Crippen molar-refractivity contribution >= 4 is 28.2 Å². The summed E-state index contributed by atoms with van der Waals surface area (Å²) in [5.74, 6) is 0.383. The molecule has 2 aromatic carbocycles. The van der Waals surface area contributed by atoms with Crippen molar-refractivity contribution in [2.24, 2.45) is 0 Å². The van der Waals surface area contributed by atoms with Crippen LogP contribution in [0.5, 0.6) is 5.75 Å². The zero-order chi connectivity index (χ0) is 11.5. The van der Waals surface area contributed by atoms with Gasteiger partial charge in [0.15, 0.2) is 5.75 Å². The summed E-state index contributed by atoms with van der Waals surface area (Å²) < 4.78 is 24.4. The molecule has 16 heavy (non-hydrogen) atoms. The molecule has 0 radical (unpaired) electrons. The van der Waals surface area contributed by atoms with Crippen LogP contribution in [-0.2, 0) is 11.4 Å². The van der Waals surface area contributed by atoms with E-state index in [-0.39, 0.29) is 0 Å². The highest BCUT2D eigenvalue weighted by Crippen LogP contribution is 2.30. The molecule has 0 heterocycles. The lowest BCUT2D eigenvalue weighted by molar-refractivity contribution is 0.460. The summed E-state index contributed by atoms with van der Waals surface area (Å²) in [5, 5.41) is 1.75. The molecule has 2 aromatic rings. The lowest BCUT2D eigenvalue weighted by Crippen LogP contribution is -1.99. The third-order valence-electron chi connectivity index (χ3n) is 2.28. The van der Waals surface area contributed by atoms with Crippen LogP contribution in [0, 0.1) is 0 Å². The minimum Gasteiger partial charge on any atom is -0.379 e. The van der Waals surface area contributed by atoms with Crippen LogP contribution in [0.25, 0.3) is 16.8 Å². The zero-order valence-electron chi connectivity index (χ0n) is 8.42. The predicted octanol–water partition coefficient (Wildman–Crippen LogP) is 3.00. The Morgan fingerprint density at radius 3 is 2.69 bits per heavy atom. The molecule has 0 bridgehead atoms. The summed E-state index contributed by atoms with van der Waals surface area (Å²) in [4.78, 5) is 0. The van der Waals surface area contributed by atoms with Crippen molar-refractivity contribution in [3.8, 4) is 5.75 Å². The molecule has 0 spiro atoms. The second-order valence-electron chi connectivity index (χ2n) is 3.21. The van der Waals surface area contributed by atoms with E-state index in [1.54, 1.807) is 12.1 Å². The molecule has 1 atom stereocenters.